The largest absolute Gasteiger partial charge is 0.381 e. The molecule has 5 nitrogen and oxygen atoms in total. The SMILES string of the molecule is CN=C(NCC1CCCN(C)C1c1cccs1)N1CCC2(CCOC2)C1. The molecule has 1 aromatic heterocycles. The Kier molecular flexibility index (Phi) is 5.53. The van der Waals surface area contributed by atoms with Crippen molar-refractivity contribution in [2.24, 2.45) is 16.3 Å². The van der Waals surface area contributed by atoms with E-state index in [1.54, 1.807) is 0 Å². The van der Waals surface area contributed by atoms with Gasteiger partial charge in [-0.2, -0.15) is 0 Å². The van der Waals surface area contributed by atoms with Gasteiger partial charge in [0, 0.05) is 49.6 Å². The second-order valence-electron chi connectivity index (χ2n) is 8.25. The third kappa shape index (κ3) is 3.64. The summed E-state index contributed by atoms with van der Waals surface area (Å²) in [5.41, 5.74) is 0.377. The van der Waals surface area contributed by atoms with E-state index in [0.29, 0.717) is 17.4 Å². The summed E-state index contributed by atoms with van der Waals surface area (Å²) < 4.78 is 5.67. The second-order valence-corrected chi connectivity index (χ2v) is 9.22. The monoisotopic (exact) mass is 376 g/mol. The maximum absolute atomic E-state index is 5.67. The van der Waals surface area contributed by atoms with Crippen molar-refractivity contribution in [2.45, 2.75) is 31.7 Å². The molecule has 3 saturated heterocycles. The number of hydrogen-bond donors (Lipinski definition) is 1. The Morgan fingerprint density at radius 2 is 2.35 bits per heavy atom. The molecule has 3 fully saturated rings. The number of nitrogens with zero attached hydrogens (tertiary/aromatic N) is 3. The molecule has 0 aromatic carbocycles. The van der Waals surface area contributed by atoms with Crippen LogP contribution in [0.25, 0.3) is 0 Å². The molecule has 4 heterocycles. The number of nitrogens with one attached hydrogen (secondary N) is 1. The standard InChI is InChI=1S/C20H32N4OS/c1-21-19(24-10-7-20(14-24)8-11-25-15-20)22-13-16-5-3-9-23(2)18(16)17-6-4-12-26-17/h4,6,12,16,18H,3,5,7-11,13-15H2,1-2H3,(H,21,22). The van der Waals surface area contributed by atoms with E-state index in [-0.39, 0.29) is 0 Å². The van der Waals surface area contributed by atoms with Crippen molar-refractivity contribution in [3.8, 4) is 0 Å². The maximum Gasteiger partial charge on any atom is 0.193 e. The number of aliphatic imine (C=N–C) groups is 1. The third-order valence-corrected chi connectivity index (χ3v) is 7.44. The van der Waals surface area contributed by atoms with Crippen LogP contribution in [0.15, 0.2) is 22.5 Å². The molecule has 0 radical (unpaired) electrons. The van der Waals surface area contributed by atoms with Crippen LogP contribution in [0.4, 0.5) is 0 Å². The highest BCUT2D eigenvalue weighted by Crippen LogP contribution is 2.39. The zero-order chi connectivity index (χ0) is 18.0. The fourth-order valence-corrected chi connectivity index (χ4v) is 6.01. The summed E-state index contributed by atoms with van der Waals surface area (Å²) in [6, 6.07) is 5.00. The molecular weight excluding hydrogens is 344 g/mol. The Labute approximate surface area is 161 Å². The summed E-state index contributed by atoms with van der Waals surface area (Å²) in [6.07, 6.45) is 5.01. The Morgan fingerprint density at radius 1 is 1.42 bits per heavy atom. The molecule has 1 aromatic rings. The number of ether oxygens (including phenoxy) is 1. The molecule has 3 aliphatic rings. The van der Waals surface area contributed by atoms with Crippen LogP contribution in [-0.4, -0.2) is 69.2 Å². The zero-order valence-corrected chi connectivity index (χ0v) is 16.9. The summed E-state index contributed by atoms with van der Waals surface area (Å²) in [7, 11) is 4.19. The number of likely N-dealkylation sites (tertiary alicyclic amines) is 2. The first-order valence-corrected chi connectivity index (χ1v) is 10.9. The van der Waals surface area contributed by atoms with Crippen LogP contribution in [0.5, 0.6) is 0 Å². The van der Waals surface area contributed by atoms with Gasteiger partial charge in [0.05, 0.1) is 6.61 Å². The van der Waals surface area contributed by atoms with E-state index >= 15 is 0 Å². The number of guanidine groups is 1. The van der Waals surface area contributed by atoms with Crippen molar-refractivity contribution >= 4 is 17.3 Å². The molecule has 3 unspecified atom stereocenters. The highest BCUT2D eigenvalue weighted by atomic mass is 32.1. The van der Waals surface area contributed by atoms with Crippen LogP contribution >= 0.6 is 11.3 Å². The number of hydrogen-bond acceptors (Lipinski definition) is 4. The minimum absolute atomic E-state index is 0.377. The van der Waals surface area contributed by atoms with Gasteiger partial charge in [0.2, 0.25) is 0 Å². The second kappa shape index (κ2) is 7.87. The van der Waals surface area contributed by atoms with Gasteiger partial charge in [-0.25, -0.2) is 0 Å². The number of piperidine rings is 1. The van der Waals surface area contributed by atoms with E-state index in [0.717, 1.165) is 38.8 Å². The van der Waals surface area contributed by atoms with Gasteiger partial charge in [-0.1, -0.05) is 6.07 Å². The lowest BCUT2D eigenvalue weighted by Crippen LogP contribution is -2.46. The van der Waals surface area contributed by atoms with Gasteiger partial charge in [-0.3, -0.25) is 9.89 Å². The summed E-state index contributed by atoms with van der Waals surface area (Å²) in [5, 5.41) is 5.92. The average Bonchev–Trinajstić information content (AvgIpc) is 3.40. The molecule has 144 valence electrons. The van der Waals surface area contributed by atoms with Crippen LogP contribution in [0, 0.1) is 11.3 Å². The molecule has 6 heteroatoms. The average molecular weight is 377 g/mol. The molecule has 1 spiro atoms. The van der Waals surface area contributed by atoms with Crippen LogP contribution in [0.3, 0.4) is 0 Å². The molecular formula is C20H32N4OS. The Bertz CT molecular complexity index is 611. The van der Waals surface area contributed by atoms with E-state index in [9.17, 15) is 0 Å². The van der Waals surface area contributed by atoms with Crippen molar-refractivity contribution in [2.75, 3.05) is 53.5 Å². The van der Waals surface area contributed by atoms with E-state index in [1.807, 2.05) is 18.4 Å². The first-order valence-electron chi connectivity index (χ1n) is 9.98. The van der Waals surface area contributed by atoms with Crippen molar-refractivity contribution in [1.82, 2.24) is 15.1 Å². The number of thiophene rings is 1. The molecule has 1 N–H and O–H groups in total. The Hall–Kier alpha value is -1.11. The predicted octanol–water partition coefficient (Wildman–Crippen LogP) is 2.82. The smallest absolute Gasteiger partial charge is 0.193 e. The van der Waals surface area contributed by atoms with Crippen molar-refractivity contribution in [3.63, 3.8) is 0 Å². The fourth-order valence-electron chi connectivity index (χ4n) is 5.02. The van der Waals surface area contributed by atoms with Crippen LogP contribution in [0.2, 0.25) is 0 Å². The molecule has 0 bridgehead atoms. The highest BCUT2D eigenvalue weighted by Gasteiger charge is 2.42. The molecule has 26 heavy (non-hydrogen) atoms. The van der Waals surface area contributed by atoms with Gasteiger partial charge in [0.1, 0.15) is 0 Å². The van der Waals surface area contributed by atoms with E-state index in [1.165, 1.54) is 37.1 Å². The van der Waals surface area contributed by atoms with Crippen LogP contribution < -0.4 is 5.32 Å². The fraction of sp³-hybridized carbons (Fsp3) is 0.750. The Morgan fingerprint density at radius 3 is 3.08 bits per heavy atom. The van der Waals surface area contributed by atoms with Crippen LogP contribution in [-0.2, 0) is 4.74 Å². The minimum Gasteiger partial charge on any atom is -0.381 e. The molecule has 0 aliphatic carbocycles. The Balaban J connectivity index is 1.38. The minimum atomic E-state index is 0.377. The van der Waals surface area contributed by atoms with Gasteiger partial charge in [0.15, 0.2) is 5.96 Å². The molecule has 4 rings (SSSR count). The lowest BCUT2D eigenvalue weighted by Gasteiger charge is -2.39. The van der Waals surface area contributed by atoms with Gasteiger partial charge < -0.3 is 15.0 Å². The predicted molar refractivity (Wildman–Crippen MR) is 108 cm³/mol. The van der Waals surface area contributed by atoms with E-state index < -0.39 is 0 Å². The first kappa shape index (κ1) is 18.3. The lowest BCUT2D eigenvalue weighted by molar-refractivity contribution is 0.124. The van der Waals surface area contributed by atoms with Gasteiger partial charge >= 0.3 is 0 Å². The van der Waals surface area contributed by atoms with Crippen LogP contribution in [0.1, 0.15) is 36.6 Å². The summed E-state index contributed by atoms with van der Waals surface area (Å²) in [6.45, 7) is 6.24. The third-order valence-electron chi connectivity index (χ3n) is 6.50. The summed E-state index contributed by atoms with van der Waals surface area (Å²) >= 11 is 1.89. The van der Waals surface area contributed by atoms with Crippen molar-refractivity contribution in [3.05, 3.63) is 22.4 Å². The van der Waals surface area contributed by atoms with E-state index in [2.05, 4.69) is 44.7 Å². The number of rotatable bonds is 3. The maximum atomic E-state index is 5.67. The molecule has 0 amide bonds. The van der Waals surface area contributed by atoms with Gasteiger partial charge in [0.25, 0.3) is 0 Å². The van der Waals surface area contributed by atoms with Crippen molar-refractivity contribution < 1.29 is 4.74 Å². The lowest BCUT2D eigenvalue weighted by atomic mass is 9.87. The summed E-state index contributed by atoms with van der Waals surface area (Å²) in [5.74, 6) is 1.71. The highest BCUT2D eigenvalue weighted by molar-refractivity contribution is 7.10. The van der Waals surface area contributed by atoms with Crippen molar-refractivity contribution in [1.29, 1.82) is 0 Å². The topological polar surface area (TPSA) is 40.1 Å². The first-order chi connectivity index (χ1) is 12.7. The quantitative estimate of drug-likeness (QED) is 0.650. The molecule has 3 atom stereocenters. The zero-order valence-electron chi connectivity index (χ0n) is 16.1. The summed E-state index contributed by atoms with van der Waals surface area (Å²) in [4.78, 5) is 11.1. The normalized spacial score (nSPS) is 33.3. The molecule has 0 saturated carbocycles. The molecule has 3 aliphatic heterocycles. The van der Waals surface area contributed by atoms with Gasteiger partial charge in [-0.15, -0.1) is 11.3 Å². The van der Waals surface area contributed by atoms with E-state index in [4.69, 9.17) is 4.74 Å². The van der Waals surface area contributed by atoms with Gasteiger partial charge in [-0.05, 0) is 56.6 Å².